The van der Waals surface area contributed by atoms with Crippen molar-refractivity contribution >= 4 is 0 Å². The average molecular weight is 277 g/mol. The van der Waals surface area contributed by atoms with Gasteiger partial charge in [-0.25, -0.2) is 0 Å². The maximum Gasteiger partial charge on any atom is -0.0292 e. The van der Waals surface area contributed by atoms with Gasteiger partial charge in [-0.1, -0.05) is 64.7 Å². The van der Waals surface area contributed by atoms with Crippen LogP contribution in [0.2, 0.25) is 0 Å². The van der Waals surface area contributed by atoms with E-state index in [1.807, 2.05) is 0 Å². The van der Waals surface area contributed by atoms with Crippen LogP contribution in [-0.2, 0) is 0 Å². The number of hydrogen-bond acceptors (Lipinski definition) is 0. The van der Waals surface area contributed by atoms with Crippen LogP contribution in [0.15, 0.2) is 0 Å². The van der Waals surface area contributed by atoms with Crippen molar-refractivity contribution in [3.63, 3.8) is 0 Å². The van der Waals surface area contributed by atoms with Crippen molar-refractivity contribution in [2.75, 3.05) is 0 Å². The molecule has 4 aliphatic carbocycles. The van der Waals surface area contributed by atoms with Crippen LogP contribution in [-0.4, -0.2) is 0 Å². The van der Waals surface area contributed by atoms with Crippen molar-refractivity contribution in [2.24, 2.45) is 23.2 Å². The minimum atomic E-state index is 0.772. The fourth-order valence-corrected chi connectivity index (χ4v) is 6.08. The van der Waals surface area contributed by atoms with Gasteiger partial charge in [0.2, 0.25) is 0 Å². The molecule has 4 bridgehead atoms. The lowest BCUT2D eigenvalue weighted by molar-refractivity contribution is 0.158. The first-order valence-electron chi connectivity index (χ1n) is 9.80. The van der Waals surface area contributed by atoms with E-state index in [1.165, 1.54) is 38.5 Å². The highest BCUT2D eigenvalue weighted by Crippen LogP contribution is 2.53. The Kier molecular flexibility index (Phi) is 5.10. The second kappa shape index (κ2) is 6.84. The summed E-state index contributed by atoms with van der Waals surface area (Å²) in [6.07, 6.45) is 23.3. The van der Waals surface area contributed by atoms with Crippen molar-refractivity contribution in [1.29, 1.82) is 0 Å². The molecule has 20 heavy (non-hydrogen) atoms. The second-order valence-electron chi connectivity index (χ2n) is 8.60. The van der Waals surface area contributed by atoms with Gasteiger partial charge in [0, 0.05) is 0 Å². The number of fused-ring (bicyclic) bond motifs is 7. The van der Waals surface area contributed by atoms with Crippen molar-refractivity contribution in [3.8, 4) is 0 Å². The zero-order chi connectivity index (χ0) is 13.8. The van der Waals surface area contributed by atoms with Gasteiger partial charge in [-0.05, 0) is 61.7 Å². The lowest BCUT2D eigenvalue weighted by Crippen LogP contribution is -2.23. The lowest BCUT2D eigenvalue weighted by Gasteiger charge is -2.36. The van der Waals surface area contributed by atoms with Crippen molar-refractivity contribution in [1.82, 2.24) is 0 Å². The lowest BCUT2D eigenvalue weighted by atomic mass is 9.70. The van der Waals surface area contributed by atoms with Crippen molar-refractivity contribution in [3.05, 3.63) is 0 Å². The summed E-state index contributed by atoms with van der Waals surface area (Å²) in [5.41, 5.74) is 0.772. The fraction of sp³-hybridized carbons (Fsp3) is 1.00. The predicted octanol–water partition coefficient (Wildman–Crippen LogP) is 6.73. The van der Waals surface area contributed by atoms with E-state index < -0.39 is 0 Å². The van der Waals surface area contributed by atoms with E-state index in [0.717, 1.165) is 23.2 Å². The Morgan fingerprint density at radius 2 is 1.45 bits per heavy atom. The fourth-order valence-electron chi connectivity index (χ4n) is 6.08. The van der Waals surface area contributed by atoms with Gasteiger partial charge in [0.05, 0.1) is 0 Å². The van der Waals surface area contributed by atoms with Crippen LogP contribution in [0, 0.1) is 23.2 Å². The molecule has 0 aromatic rings. The van der Waals surface area contributed by atoms with E-state index in [-0.39, 0.29) is 0 Å². The molecule has 4 rings (SSSR count). The highest BCUT2D eigenvalue weighted by atomic mass is 14.5. The molecule has 0 aromatic heterocycles. The van der Waals surface area contributed by atoms with Gasteiger partial charge in [0.1, 0.15) is 0 Å². The topological polar surface area (TPSA) is 0 Å². The van der Waals surface area contributed by atoms with Crippen LogP contribution in [0.5, 0.6) is 0 Å². The predicted molar refractivity (Wildman–Crippen MR) is 87.8 cm³/mol. The molecule has 0 spiro atoms. The van der Waals surface area contributed by atoms with Crippen molar-refractivity contribution < 1.29 is 0 Å². The largest absolute Gasteiger partial charge is 0.0654 e. The summed E-state index contributed by atoms with van der Waals surface area (Å²) in [7, 11) is 0. The number of hydrogen-bond donors (Lipinski definition) is 0. The van der Waals surface area contributed by atoms with Gasteiger partial charge in [0.15, 0.2) is 0 Å². The smallest absolute Gasteiger partial charge is 0.0292 e. The maximum atomic E-state index is 2.43. The SMILES string of the molecule is CCC[C@]12CC[C@H]3CCCCCC[C@@H](CC[C@@H](C3)C1)C2. The third-order valence-electron chi connectivity index (χ3n) is 6.93. The Morgan fingerprint density at radius 3 is 2.25 bits per heavy atom. The molecule has 0 nitrogen and oxygen atoms in total. The minimum absolute atomic E-state index is 0.772. The molecule has 0 radical (unpaired) electrons. The molecular weight excluding hydrogens is 240 g/mol. The molecule has 4 saturated carbocycles. The normalized spacial score (nSPS) is 42.8. The van der Waals surface area contributed by atoms with E-state index in [9.17, 15) is 0 Å². The standard InChI is InChI=1S/C20H36/c1-2-12-20-13-11-17-7-5-3-4-6-8-18(15-20)9-10-19(14-17)16-20/h17-19H,2-16H2,1H3/t17-,18+,19+,20-/m1/s1. The van der Waals surface area contributed by atoms with Gasteiger partial charge in [-0.2, -0.15) is 0 Å². The Hall–Kier alpha value is 0. The van der Waals surface area contributed by atoms with E-state index in [1.54, 1.807) is 57.8 Å². The number of rotatable bonds is 2. The second-order valence-corrected chi connectivity index (χ2v) is 8.60. The van der Waals surface area contributed by atoms with Crippen LogP contribution in [0.4, 0.5) is 0 Å². The third kappa shape index (κ3) is 3.60. The first-order valence-corrected chi connectivity index (χ1v) is 9.80. The van der Waals surface area contributed by atoms with Crippen molar-refractivity contribution in [2.45, 2.75) is 103 Å². The van der Waals surface area contributed by atoms with Crippen LogP contribution in [0.25, 0.3) is 0 Å². The first kappa shape index (κ1) is 14.9. The van der Waals surface area contributed by atoms with Gasteiger partial charge in [-0.15, -0.1) is 0 Å². The van der Waals surface area contributed by atoms with Gasteiger partial charge < -0.3 is 0 Å². The Balaban J connectivity index is 1.81. The van der Waals surface area contributed by atoms with Gasteiger partial charge in [0.25, 0.3) is 0 Å². The molecule has 0 N–H and O–H groups in total. The first-order chi connectivity index (χ1) is 9.80. The minimum Gasteiger partial charge on any atom is -0.0654 e. The Morgan fingerprint density at radius 1 is 0.750 bits per heavy atom. The molecule has 0 aliphatic heterocycles. The maximum absolute atomic E-state index is 2.43. The molecule has 0 aromatic carbocycles. The summed E-state index contributed by atoms with van der Waals surface area (Å²) >= 11 is 0. The summed E-state index contributed by atoms with van der Waals surface area (Å²) in [5, 5.41) is 0. The van der Waals surface area contributed by atoms with E-state index >= 15 is 0 Å². The quantitative estimate of drug-likeness (QED) is 0.524. The van der Waals surface area contributed by atoms with E-state index in [2.05, 4.69) is 6.92 Å². The molecule has 0 amide bonds. The molecule has 0 heterocycles. The Labute approximate surface area is 127 Å². The van der Waals surface area contributed by atoms with Crippen LogP contribution < -0.4 is 0 Å². The van der Waals surface area contributed by atoms with Crippen LogP contribution in [0.1, 0.15) is 103 Å². The van der Waals surface area contributed by atoms with Gasteiger partial charge in [-0.3, -0.25) is 0 Å². The molecule has 4 aliphatic rings. The molecule has 0 saturated heterocycles. The summed E-state index contributed by atoms with van der Waals surface area (Å²) in [6.45, 7) is 2.43. The summed E-state index contributed by atoms with van der Waals surface area (Å²) in [5.74, 6) is 3.27. The summed E-state index contributed by atoms with van der Waals surface area (Å²) in [4.78, 5) is 0. The third-order valence-corrected chi connectivity index (χ3v) is 6.93. The molecule has 4 fully saturated rings. The highest BCUT2D eigenvalue weighted by molar-refractivity contribution is 4.91. The summed E-state index contributed by atoms with van der Waals surface area (Å²) < 4.78 is 0. The molecule has 0 unspecified atom stereocenters. The molecular formula is C20H36. The Bertz CT molecular complexity index is 294. The summed E-state index contributed by atoms with van der Waals surface area (Å²) in [6, 6.07) is 0. The van der Waals surface area contributed by atoms with Gasteiger partial charge >= 0.3 is 0 Å². The zero-order valence-electron chi connectivity index (χ0n) is 13.8. The van der Waals surface area contributed by atoms with E-state index in [4.69, 9.17) is 0 Å². The van der Waals surface area contributed by atoms with Crippen LogP contribution >= 0.6 is 0 Å². The van der Waals surface area contributed by atoms with E-state index in [0.29, 0.717) is 0 Å². The molecule has 4 atom stereocenters. The monoisotopic (exact) mass is 276 g/mol. The molecule has 116 valence electrons. The molecule has 0 heteroatoms. The average Bonchev–Trinajstić information content (AvgIpc) is 2.68. The highest BCUT2D eigenvalue weighted by Gasteiger charge is 2.40. The van der Waals surface area contributed by atoms with Crippen LogP contribution in [0.3, 0.4) is 0 Å². The zero-order valence-corrected chi connectivity index (χ0v) is 13.8.